The SMILES string of the molecule is c1cc(-c2nc3nc(-c4ccc(-c5ccc6ccccc6c5)cc4)c4ccccc4n3n2)cc(-n2c3cccc4c3c3c5c(cccc5ccc32)-c2ccccc2-4)c1. The average Bonchev–Trinajstić information content (AvgIpc) is 3.85. The van der Waals surface area contributed by atoms with Gasteiger partial charge in [0.25, 0.3) is 5.78 Å². The summed E-state index contributed by atoms with van der Waals surface area (Å²) in [6.45, 7) is 0. The highest BCUT2D eigenvalue weighted by molar-refractivity contribution is 6.30. The maximum Gasteiger partial charge on any atom is 0.253 e. The molecule has 5 heteroatoms. The van der Waals surface area contributed by atoms with E-state index in [1.165, 1.54) is 76.7 Å². The average molecular weight is 738 g/mol. The van der Waals surface area contributed by atoms with Gasteiger partial charge in [0.2, 0.25) is 0 Å². The summed E-state index contributed by atoms with van der Waals surface area (Å²) in [6.07, 6.45) is 0. The fraction of sp³-hybridized carbons (Fsp3) is 0. The molecule has 58 heavy (non-hydrogen) atoms. The predicted octanol–water partition coefficient (Wildman–Crippen LogP) is 13.3. The first-order valence-corrected chi connectivity index (χ1v) is 19.7. The zero-order chi connectivity index (χ0) is 37.9. The summed E-state index contributed by atoms with van der Waals surface area (Å²) in [5.74, 6) is 1.20. The Morgan fingerprint density at radius 1 is 0.362 bits per heavy atom. The van der Waals surface area contributed by atoms with Crippen molar-refractivity contribution in [2.75, 3.05) is 0 Å². The summed E-state index contributed by atoms with van der Waals surface area (Å²) in [5.41, 5.74) is 14.7. The lowest BCUT2D eigenvalue weighted by molar-refractivity contribution is 0.988. The minimum Gasteiger partial charge on any atom is -0.309 e. The minimum atomic E-state index is 0.564. The molecule has 12 aromatic rings. The van der Waals surface area contributed by atoms with Gasteiger partial charge in [0.15, 0.2) is 5.82 Å². The van der Waals surface area contributed by atoms with Gasteiger partial charge < -0.3 is 4.57 Å². The molecule has 0 aliphatic heterocycles. The van der Waals surface area contributed by atoms with Crippen LogP contribution in [0.15, 0.2) is 188 Å². The van der Waals surface area contributed by atoms with E-state index in [1.54, 1.807) is 0 Å². The number of para-hydroxylation sites is 1. The van der Waals surface area contributed by atoms with Crippen molar-refractivity contribution in [3.63, 3.8) is 0 Å². The van der Waals surface area contributed by atoms with E-state index >= 15 is 0 Å². The van der Waals surface area contributed by atoms with E-state index in [-0.39, 0.29) is 0 Å². The maximum absolute atomic E-state index is 5.17. The van der Waals surface area contributed by atoms with Gasteiger partial charge in [-0.25, -0.2) is 4.98 Å². The van der Waals surface area contributed by atoms with Crippen LogP contribution in [-0.4, -0.2) is 24.1 Å². The summed E-state index contributed by atoms with van der Waals surface area (Å²) < 4.78 is 4.29. The molecule has 0 bridgehead atoms. The summed E-state index contributed by atoms with van der Waals surface area (Å²) in [7, 11) is 0. The monoisotopic (exact) mass is 737 g/mol. The molecule has 1 aliphatic carbocycles. The summed E-state index contributed by atoms with van der Waals surface area (Å²) >= 11 is 0. The van der Waals surface area contributed by atoms with Crippen LogP contribution in [0.3, 0.4) is 0 Å². The molecule has 3 heterocycles. The summed E-state index contributed by atoms with van der Waals surface area (Å²) in [6, 6.07) is 67.5. The zero-order valence-electron chi connectivity index (χ0n) is 31.1. The molecule has 0 atom stereocenters. The fourth-order valence-corrected chi connectivity index (χ4v) is 9.48. The lowest BCUT2D eigenvalue weighted by Gasteiger charge is -2.14. The molecule has 0 saturated heterocycles. The van der Waals surface area contributed by atoms with Crippen LogP contribution in [0.25, 0.3) is 122 Å². The van der Waals surface area contributed by atoms with Gasteiger partial charge in [-0.15, -0.1) is 5.10 Å². The van der Waals surface area contributed by atoms with Gasteiger partial charge in [0.1, 0.15) is 0 Å². The molecule has 268 valence electrons. The molecule has 0 unspecified atom stereocenters. The van der Waals surface area contributed by atoms with Gasteiger partial charge in [-0.05, 0) is 91.3 Å². The highest BCUT2D eigenvalue weighted by Crippen LogP contribution is 2.49. The van der Waals surface area contributed by atoms with Crippen molar-refractivity contribution in [2.24, 2.45) is 0 Å². The molecule has 13 rings (SSSR count). The maximum atomic E-state index is 5.17. The molecule has 0 amide bonds. The van der Waals surface area contributed by atoms with Crippen LogP contribution in [0.5, 0.6) is 0 Å². The van der Waals surface area contributed by atoms with E-state index in [0.717, 1.165) is 33.4 Å². The summed E-state index contributed by atoms with van der Waals surface area (Å²) in [5, 5.41) is 13.7. The van der Waals surface area contributed by atoms with Crippen molar-refractivity contribution >= 4 is 60.0 Å². The van der Waals surface area contributed by atoms with Gasteiger partial charge in [-0.1, -0.05) is 152 Å². The van der Waals surface area contributed by atoms with Gasteiger partial charge in [-0.2, -0.15) is 9.50 Å². The number of rotatable bonds is 4. The van der Waals surface area contributed by atoms with Crippen LogP contribution in [0.4, 0.5) is 0 Å². The van der Waals surface area contributed by atoms with E-state index in [0.29, 0.717) is 11.6 Å². The van der Waals surface area contributed by atoms with Crippen LogP contribution in [0.1, 0.15) is 0 Å². The third kappa shape index (κ3) is 4.44. The second-order valence-corrected chi connectivity index (χ2v) is 15.3. The first kappa shape index (κ1) is 31.3. The van der Waals surface area contributed by atoms with Gasteiger partial charge >= 0.3 is 0 Å². The van der Waals surface area contributed by atoms with E-state index in [9.17, 15) is 0 Å². The molecule has 0 saturated carbocycles. The number of hydrogen-bond donors (Lipinski definition) is 0. The van der Waals surface area contributed by atoms with Gasteiger partial charge in [0.05, 0.1) is 22.2 Å². The van der Waals surface area contributed by atoms with Crippen LogP contribution >= 0.6 is 0 Å². The first-order valence-electron chi connectivity index (χ1n) is 19.7. The zero-order valence-corrected chi connectivity index (χ0v) is 31.1. The van der Waals surface area contributed by atoms with Crippen LogP contribution in [-0.2, 0) is 0 Å². The largest absolute Gasteiger partial charge is 0.309 e. The van der Waals surface area contributed by atoms with E-state index in [4.69, 9.17) is 15.1 Å². The molecule has 0 spiro atoms. The number of benzene rings is 9. The Bertz CT molecular complexity index is 3680. The van der Waals surface area contributed by atoms with Crippen LogP contribution in [0, 0.1) is 0 Å². The second-order valence-electron chi connectivity index (χ2n) is 15.3. The highest BCUT2D eigenvalue weighted by Gasteiger charge is 2.25. The first-order chi connectivity index (χ1) is 28.7. The topological polar surface area (TPSA) is 48.0 Å². The van der Waals surface area contributed by atoms with Crippen molar-refractivity contribution in [3.05, 3.63) is 188 Å². The Hall–Kier alpha value is -7.89. The van der Waals surface area contributed by atoms with Crippen LogP contribution in [0.2, 0.25) is 0 Å². The third-order valence-electron chi connectivity index (χ3n) is 12.1. The third-order valence-corrected chi connectivity index (χ3v) is 12.1. The number of nitrogens with zero attached hydrogens (tertiary/aromatic N) is 5. The molecule has 1 aliphatic rings. The van der Waals surface area contributed by atoms with E-state index in [2.05, 4.69) is 193 Å². The van der Waals surface area contributed by atoms with Gasteiger partial charge in [0, 0.05) is 33.0 Å². The summed E-state index contributed by atoms with van der Waals surface area (Å²) in [4.78, 5) is 10.3. The van der Waals surface area contributed by atoms with Crippen molar-refractivity contribution in [1.29, 1.82) is 0 Å². The normalized spacial score (nSPS) is 12.1. The molecular formula is C53H31N5. The van der Waals surface area contributed by atoms with Crippen molar-refractivity contribution in [3.8, 4) is 61.7 Å². The minimum absolute atomic E-state index is 0.564. The Balaban J connectivity index is 0.952. The van der Waals surface area contributed by atoms with Gasteiger partial charge in [-0.3, -0.25) is 0 Å². The number of fused-ring (bicyclic) bond motifs is 7. The van der Waals surface area contributed by atoms with Crippen molar-refractivity contribution in [1.82, 2.24) is 24.1 Å². The van der Waals surface area contributed by atoms with E-state index in [1.807, 2.05) is 4.52 Å². The number of aromatic nitrogens is 5. The molecular weight excluding hydrogens is 707 g/mol. The highest BCUT2D eigenvalue weighted by atomic mass is 15.3. The molecule has 5 nitrogen and oxygen atoms in total. The molecule has 0 fully saturated rings. The number of hydrogen-bond acceptors (Lipinski definition) is 3. The van der Waals surface area contributed by atoms with Crippen molar-refractivity contribution < 1.29 is 0 Å². The van der Waals surface area contributed by atoms with E-state index < -0.39 is 0 Å². The van der Waals surface area contributed by atoms with Crippen molar-refractivity contribution in [2.45, 2.75) is 0 Å². The molecule has 9 aromatic carbocycles. The lowest BCUT2D eigenvalue weighted by atomic mass is 9.93. The second kappa shape index (κ2) is 11.8. The Morgan fingerprint density at radius 2 is 1.00 bits per heavy atom. The Morgan fingerprint density at radius 3 is 1.88 bits per heavy atom. The fourth-order valence-electron chi connectivity index (χ4n) is 9.48. The Kier molecular flexibility index (Phi) is 6.38. The predicted molar refractivity (Wildman–Crippen MR) is 238 cm³/mol. The molecule has 3 aromatic heterocycles. The Labute approximate surface area is 332 Å². The molecule has 0 N–H and O–H groups in total. The lowest BCUT2D eigenvalue weighted by Crippen LogP contribution is -1.97. The standard InChI is InChI=1S/C53H31N5/c1-2-11-36-30-37(27-24-32(36)10-1)33-22-25-35(26-23-33)51-44-17-5-6-20-45(44)58-53(54-51)55-52(56-58)38-13-7-14-39(31-38)57-46-21-9-19-43-41-16-4-3-15-40(41)42-18-8-12-34-28-29-47(57)50(48(34)42)49(43)46/h1-31H. The quantitative estimate of drug-likeness (QED) is 0.181. The van der Waals surface area contributed by atoms with Crippen LogP contribution < -0.4 is 0 Å². The molecule has 0 radical (unpaired) electrons. The smallest absolute Gasteiger partial charge is 0.253 e.